The molecule has 11 heteroatoms. The molecule has 1 aromatic carbocycles. The lowest BCUT2D eigenvalue weighted by Crippen LogP contribution is -2.60. The summed E-state index contributed by atoms with van der Waals surface area (Å²) in [7, 11) is -2.04. The van der Waals surface area contributed by atoms with Gasteiger partial charge in [-0.3, -0.25) is 0 Å². The predicted octanol–water partition coefficient (Wildman–Crippen LogP) is 0.713. The van der Waals surface area contributed by atoms with Crippen LogP contribution in [0.4, 0.5) is 5.82 Å². The number of fused-ring (bicyclic) bond motifs is 2. The average molecular weight is 416 g/mol. The fourth-order valence-electron chi connectivity index (χ4n) is 3.47. The van der Waals surface area contributed by atoms with E-state index in [1.807, 2.05) is 24.0 Å². The van der Waals surface area contributed by atoms with E-state index in [9.17, 15) is 8.42 Å². The average Bonchev–Trinajstić information content (AvgIpc) is 3.07. The molecule has 1 fully saturated rings. The molecule has 0 amide bonds. The molecule has 0 bridgehead atoms. The monoisotopic (exact) mass is 416 g/mol. The van der Waals surface area contributed by atoms with Crippen LogP contribution in [0.1, 0.15) is 5.82 Å². The van der Waals surface area contributed by atoms with Crippen LogP contribution in [0.2, 0.25) is 0 Å². The van der Waals surface area contributed by atoms with Crippen molar-refractivity contribution in [3.8, 4) is 11.5 Å². The van der Waals surface area contributed by atoms with Gasteiger partial charge in [-0.15, -0.1) is 15.3 Å². The van der Waals surface area contributed by atoms with Gasteiger partial charge in [0, 0.05) is 26.2 Å². The van der Waals surface area contributed by atoms with Gasteiger partial charge in [-0.2, -0.15) is 8.82 Å². The molecule has 152 valence electrons. The Bertz CT molecular complexity index is 1190. The van der Waals surface area contributed by atoms with E-state index in [1.165, 1.54) is 10.4 Å². The van der Waals surface area contributed by atoms with Crippen molar-refractivity contribution >= 4 is 21.5 Å². The molecule has 2 aromatic heterocycles. The van der Waals surface area contributed by atoms with Crippen LogP contribution in [-0.2, 0) is 10.0 Å². The molecular weight excluding hydrogens is 396 g/mol. The lowest BCUT2D eigenvalue weighted by Gasteiger charge is -2.43. The second kappa shape index (κ2) is 6.56. The lowest BCUT2D eigenvalue weighted by atomic mass is 10.1. The quantitative estimate of drug-likeness (QED) is 0.613. The van der Waals surface area contributed by atoms with Gasteiger partial charge in [0.25, 0.3) is 0 Å². The molecule has 0 aliphatic carbocycles. The summed E-state index contributed by atoms with van der Waals surface area (Å²) in [4.78, 5) is 2.22. The van der Waals surface area contributed by atoms with Crippen molar-refractivity contribution in [2.75, 3.05) is 38.3 Å². The minimum absolute atomic E-state index is 0.146. The molecule has 1 saturated heterocycles. The van der Waals surface area contributed by atoms with Crippen molar-refractivity contribution in [1.82, 2.24) is 24.1 Å². The lowest BCUT2D eigenvalue weighted by molar-refractivity contribution is 0.171. The third-order valence-corrected chi connectivity index (χ3v) is 7.20. The van der Waals surface area contributed by atoms with Gasteiger partial charge in [-0.1, -0.05) is 0 Å². The van der Waals surface area contributed by atoms with Gasteiger partial charge in [0.15, 0.2) is 23.0 Å². The maximum atomic E-state index is 13.1. The molecule has 0 unspecified atom stereocenters. The fraction of sp³-hybridized carbons (Fsp3) is 0.389. The Hall–Kier alpha value is -2.92. The zero-order valence-electron chi connectivity index (χ0n) is 16.0. The number of ether oxygens (including phenoxy) is 2. The summed E-state index contributed by atoms with van der Waals surface area (Å²) in [6, 6.07) is 8.30. The molecule has 0 spiro atoms. The largest absolute Gasteiger partial charge is 0.486 e. The van der Waals surface area contributed by atoms with Crippen LogP contribution in [-0.4, -0.2) is 71.9 Å². The summed E-state index contributed by atoms with van der Waals surface area (Å²) in [5.74, 6) is 2.50. The summed E-state index contributed by atoms with van der Waals surface area (Å²) >= 11 is 0. The Morgan fingerprint density at radius 3 is 2.62 bits per heavy atom. The third-order valence-electron chi connectivity index (χ3n) is 5.30. The molecule has 2 aliphatic heterocycles. The highest BCUT2D eigenvalue weighted by atomic mass is 32.2. The van der Waals surface area contributed by atoms with Crippen molar-refractivity contribution in [3.05, 3.63) is 36.2 Å². The standard InChI is InChI=1S/C18H20N6O4S/c1-12-19-20-17-5-6-18(21-24(12)17)23-10-13(11-23)22(2)29(25,26)14-3-4-15-16(9-14)28-8-7-27-15/h3-6,9,13H,7-8,10-11H2,1-2H3. The molecule has 2 aliphatic rings. The van der Waals surface area contributed by atoms with Crippen LogP contribution in [0.25, 0.3) is 5.65 Å². The van der Waals surface area contributed by atoms with Crippen molar-refractivity contribution in [1.29, 1.82) is 0 Å². The zero-order chi connectivity index (χ0) is 20.2. The van der Waals surface area contributed by atoms with Crippen molar-refractivity contribution in [2.24, 2.45) is 0 Å². The first-order valence-corrected chi connectivity index (χ1v) is 10.7. The first kappa shape index (κ1) is 18.1. The Morgan fingerprint density at radius 2 is 1.83 bits per heavy atom. The number of anilines is 1. The summed E-state index contributed by atoms with van der Waals surface area (Å²) in [5, 5.41) is 12.6. The summed E-state index contributed by atoms with van der Waals surface area (Å²) < 4.78 is 40.2. The Kier molecular flexibility index (Phi) is 4.10. The van der Waals surface area contributed by atoms with Crippen LogP contribution < -0.4 is 14.4 Å². The van der Waals surface area contributed by atoms with Crippen molar-refractivity contribution in [2.45, 2.75) is 17.9 Å². The number of hydrogen-bond acceptors (Lipinski definition) is 8. The molecule has 0 radical (unpaired) electrons. The van der Waals surface area contributed by atoms with E-state index < -0.39 is 10.0 Å². The first-order valence-electron chi connectivity index (χ1n) is 9.25. The summed E-state index contributed by atoms with van der Waals surface area (Å²) in [5.41, 5.74) is 0.682. The van der Waals surface area contributed by atoms with E-state index in [-0.39, 0.29) is 10.9 Å². The SMILES string of the molecule is Cc1nnc2ccc(N3CC(N(C)S(=O)(=O)c4ccc5c(c4)OCCO5)C3)nn12. The normalized spacial score (nSPS) is 17.0. The smallest absolute Gasteiger partial charge is 0.243 e. The van der Waals surface area contributed by atoms with Crippen LogP contribution in [0.5, 0.6) is 11.5 Å². The van der Waals surface area contributed by atoms with Gasteiger partial charge in [-0.25, -0.2) is 8.42 Å². The minimum Gasteiger partial charge on any atom is -0.486 e. The van der Waals surface area contributed by atoms with E-state index in [0.717, 1.165) is 5.82 Å². The van der Waals surface area contributed by atoms with E-state index in [0.29, 0.717) is 49.3 Å². The van der Waals surface area contributed by atoms with E-state index in [1.54, 1.807) is 23.7 Å². The van der Waals surface area contributed by atoms with E-state index >= 15 is 0 Å². The van der Waals surface area contributed by atoms with Crippen molar-refractivity contribution < 1.29 is 17.9 Å². The fourth-order valence-corrected chi connectivity index (χ4v) is 4.83. The van der Waals surface area contributed by atoms with Crippen LogP contribution in [0, 0.1) is 6.92 Å². The molecule has 3 aromatic rings. The Balaban J connectivity index is 1.32. The highest BCUT2D eigenvalue weighted by Gasteiger charge is 2.37. The Labute approximate surface area is 167 Å². The third kappa shape index (κ3) is 2.97. The second-order valence-electron chi connectivity index (χ2n) is 7.09. The number of benzene rings is 1. The van der Waals surface area contributed by atoms with Gasteiger partial charge in [0.2, 0.25) is 10.0 Å². The molecular formula is C18H20N6O4S. The molecule has 4 heterocycles. The number of rotatable bonds is 4. The molecule has 5 rings (SSSR count). The van der Waals surface area contributed by atoms with E-state index in [2.05, 4.69) is 15.3 Å². The van der Waals surface area contributed by atoms with Crippen LogP contribution >= 0.6 is 0 Å². The highest BCUT2D eigenvalue weighted by molar-refractivity contribution is 7.89. The number of aryl methyl sites for hydroxylation is 1. The van der Waals surface area contributed by atoms with Gasteiger partial charge in [-0.05, 0) is 31.2 Å². The minimum atomic E-state index is -3.65. The predicted molar refractivity (Wildman–Crippen MR) is 104 cm³/mol. The highest BCUT2D eigenvalue weighted by Crippen LogP contribution is 2.34. The number of aromatic nitrogens is 4. The first-order chi connectivity index (χ1) is 13.9. The summed E-state index contributed by atoms with van der Waals surface area (Å²) in [6.07, 6.45) is 0. The van der Waals surface area contributed by atoms with E-state index in [4.69, 9.17) is 9.47 Å². The number of likely N-dealkylation sites (N-methyl/N-ethyl adjacent to an activating group) is 1. The molecule has 29 heavy (non-hydrogen) atoms. The second-order valence-corrected chi connectivity index (χ2v) is 9.09. The van der Waals surface area contributed by atoms with Gasteiger partial charge in [0.05, 0.1) is 10.9 Å². The zero-order valence-corrected chi connectivity index (χ0v) is 16.8. The maximum Gasteiger partial charge on any atom is 0.243 e. The molecule has 0 saturated carbocycles. The number of nitrogens with zero attached hydrogens (tertiary/aromatic N) is 6. The number of sulfonamides is 1. The van der Waals surface area contributed by atoms with Gasteiger partial charge in [0.1, 0.15) is 19.0 Å². The molecule has 0 N–H and O–H groups in total. The van der Waals surface area contributed by atoms with Crippen LogP contribution in [0.3, 0.4) is 0 Å². The van der Waals surface area contributed by atoms with Crippen LogP contribution in [0.15, 0.2) is 35.2 Å². The van der Waals surface area contributed by atoms with Gasteiger partial charge >= 0.3 is 0 Å². The topological polar surface area (TPSA) is 102 Å². The molecule has 0 atom stereocenters. The Morgan fingerprint density at radius 1 is 1.07 bits per heavy atom. The van der Waals surface area contributed by atoms with Gasteiger partial charge < -0.3 is 14.4 Å². The summed E-state index contributed by atoms with van der Waals surface area (Å²) in [6.45, 7) is 3.82. The maximum absolute atomic E-state index is 13.1. The molecule has 10 nitrogen and oxygen atoms in total. The van der Waals surface area contributed by atoms with Crippen molar-refractivity contribution in [3.63, 3.8) is 0 Å². The number of hydrogen-bond donors (Lipinski definition) is 0.